The third kappa shape index (κ3) is 3.94. The Morgan fingerprint density at radius 3 is 2.67 bits per heavy atom. The summed E-state index contributed by atoms with van der Waals surface area (Å²) in [6.07, 6.45) is 1.42. The van der Waals surface area contributed by atoms with Gasteiger partial charge in [-0.2, -0.15) is 0 Å². The first-order valence-electron chi connectivity index (χ1n) is 7.13. The summed E-state index contributed by atoms with van der Waals surface area (Å²) in [4.78, 5) is 11.7. The molecular weight excluding hydrogens is 298 g/mol. The van der Waals surface area contributed by atoms with Crippen molar-refractivity contribution in [3.8, 4) is 0 Å². The predicted molar refractivity (Wildman–Crippen MR) is 75.0 cm³/mol. The molecule has 2 fully saturated rings. The molecule has 3 unspecified atom stereocenters. The molecule has 0 bridgehead atoms. The highest BCUT2D eigenvalue weighted by molar-refractivity contribution is 7.90. The summed E-state index contributed by atoms with van der Waals surface area (Å²) in [6, 6.07) is 0. The predicted octanol–water partition coefficient (Wildman–Crippen LogP) is 0.399. The van der Waals surface area contributed by atoms with E-state index in [1.807, 2.05) is 0 Å². The summed E-state index contributed by atoms with van der Waals surface area (Å²) in [5, 5.41) is -0.722. The van der Waals surface area contributed by atoms with Crippen LogP contribution in [-0.4, -0.2) is 51.8 Å². The van der Waals surface area contributed by atoms with Crippen LogP contribution in [0.5, 0.6) is 0 Å². The van der Waals surface area contributed by atoms with E-state index in [2.05, 4.69) is 9.46 Å². The third-order valence-electron chi connectivity index (χ3n) is 3.93. The Morgan fingerprint density at radius 2 is 2.10 bits per heavy atom. The SMILES string of the molecule is COC(=O)C1CCCC1S(=O)(=O)NCC1COC(C)(C)O1. The van der Waals surface area contributed by atoms with Gasteiger partial charge in [-0.1, -0.05) is 6.42 Å². The van der Waals surface area contributed by atoms with Crippen molar-refractivity contribution in [2.45, 2.75) is 50.3 Å². The fourth-order valence-electron chi connectivity index (χ4n) is 2.90. The van der Waals surface area contributed by atoms with Crippen LogP contribution in [0.2, 0.25) is 0 Å². The molecule has 3 atom stereocenters. The van der Waals surface area contributed by atoms with Gasteiger partial charge in [-0.15, -0.1) is 0 Å². The minimum Gasteiger partial charge on any atom is -0.469 e. The molecule has 0 spiro atoms. The van der Waals surface area contributed by atoms with E-state index < -0.39 is 32.9 Å². The molecule has 1 N–H and O–H groups in total. The molecule has 1 aliphatic carbocycles. The Labute approximate surface area is 125 Å². The maximum absolute atomic E-state index is 12.4. The number of carbonyl (C=O) groups is 1. The van der Waals surface area contributed by atoms with E-state index in [0.717, 1.165) is 0 Å². The summed E-state index contributed by atoms with van der Waals surface area (Å²) < 4.78 is 42.9. The Bertz CT molecular complexity index is 489. The van der Waals surface area contributed by atoms with Crippen molar-refractivity contribution in [1.82, 2.24) is 4.72 Å². The second kappa shape index (κ2) is 6.20. The van der Waals surface area contributed by atoms with Gasteiger partial charge in [0, 0.05) is 6.54 Å². The Morgan fingerprint density at radius 1 is 1.38 bits per heavy atom. The third-order valence-corrected chi connectivity index (χ3v) is 5.86. The number of hydrogen-bond donors (Lipinski definition) is 1. The van der Waals surface area contributed by atoms with E-state index in [1.165, 1.54) is 7.11 Å². The second-order valence-electron chi connectivity index (χ2n) is 5.94. The molecule has 0 aromatic rings. The zero-order chi connectivity index (χ0) is 15.7. The van der Waals surface area contributed by atoms with Crippen LogP contribution in [0.3, 0.4) is 0 Å². The Balaban J connectivity index is 1.94. The first-order valence-corrected chi connectivity index (χ1v) is 8.68. The largest absolute Gasteiger partial charge is 0.469 e. The fourth-order valence-corrected chi connectivity index (χ4v) is 4.69. The van der Waals surface area contributed by atoms with Gasteiger partial charge in [0.05, 0.1) is 31.0 Å². The molecule has 1 aliphatic heterocycles. The lowest BCUT2D eigenvalue weighted by Gasteiger charge is -2.20. The van der Waals surface area contributed by atoms with E-state index in [0.29, 0.717) is 25.9 Å². The van der Waals surface area contributed by atoms with Crippen LogP contribution in [0, 0.1) is 5.92 Å². The smallest absolute Gasteiger partial charge is 0.310 e. The molecule has 122 valence electrons. The Kier molecular flexibility index (Phi) is 4.92. The summed E-state index contributed by atoms with van der Waals surface area (Å²) in [5.74, 6) is -1.72. The topological polar surface area (TPSA) is 90.9 Å². The van der Waals surface area contributed by atoms with Gasteiger partial charge in [-0.25, -0.2) is 13.1 Å². The maximum atomic E-state index is 12.4. The van der Waals surface area contributed by atoms with Gasteiger partial charge in [0.15, 0.2) is 5.79 Å². The number of hydrogen-bond acceptors (Lipinski definition) is 6. The lowest BCUT2D eigenvalue weighted by atomic mass is 10.1. The van der Waals surface area contributed by atoms with Gasteiger partial charge in [0.2, 0.25) is 10.0 Å². The molecule has 2 rings (SSSR count). The number of sulfonamides is 1. The zero-order valence-electron chi connectivity index (χ0n) is 12.6. The Hall–Kier alpha value is -0.700. The van der Waals surface area contributed by atoms with Crippen LogP contribution in [-0.2, 0) is 29.0 Å². The highest BCUT2D eigenvalue weighted by Crippen LogP contribution is 2.32. The van der Waals surface area contributed by atoms with Crippen LogP contribution < -0.4 is 4.72 Å². The average molecular weight is 321 g/mol. The molecular formula is C13H23NO6S. The fraction of sp³-hybridized carbons (Fsp3) is 0.923. The van der Waals surface area contributed by atoms with Gasteiger partial charge >= 0.3 is 5.97 Å². The zero-order valence-corrected chi connectivity index (χ0v) is 13.4. The van der Waals surface area contributed by atoms with E-state index in [1.54, 1.807) is 13.8 Å². The average Bonchev–Trinajstić information content (AvgIpc) is 3.02. The molecule has 21 heavy (non-hydrogen) atoms. The van der Waals surface area contributed by atoms with Crippen LogP contribution in [0.15, 0.2) is 0 Å². The van der Waals surface area contributed by atoms with Crippen molar-refractivity contribution in [3.05, 3.63) is 0 Å². The van der Waals surface area contributed by atoms with Gasteiger partial charge in [-0.05, 0) is 26.7 Å². The molecule has 1 heterocycles. The highest BCUT2D eigenvalue weighted by Gasteiger charge is 2.42. The minimum atomic E-state index is -3.58. The number of carbonyl (C=O) groups excluding carboxylic acids is 1. The van der Waals surface area contributed by atoms with Gasteiger partial charge in [-0.3, -0.25) is 4.79 Å². The first kappa shape index (κ1) is 16.7. The second-order valence-corrected chi connectivity index (χ2v) is 7.93. The lowest BCUT2D eigenvalue weighted by molar-refractivity contribution is -0.145. The molecule has 7 nitrogen and oxygen atoms in total. The standard InChI is InChI=1S/C13H23NO6S/c1-13(2)19-8-9(20-13)7-14-21(16,17)11-6-4-5-10(11)12(15)18-3/h9-11,14H,4-8H2,1-3H3. The molecule has 0 amide bonds. The van der Waals surface area contributed by atoms with E-state index in [9.17, 15) is 13.2 Å². The number of rotatable bonds is 5. The highest BCUT2D eigenvalue weighted by atomic mass is 32.2. The molecule has 0 aromatic carbocycles. The van der Waals surface area contributed by atoms with Gasteiger partial charge in [0.25, 0.3) is 0 Å². The van der Waals surface area contributed by atoms with Crippen LogP contribution >= 0.6 is 0 Å². The van der Waals surface area contributed by atoms with Crippen molar-refractivity contribution in [1.29, 1.82) is 0 Å². The molecule has 1 saturated heterocycles. The van der Waals surface area contributed by atoms with Crippen LogP contribution in [0.1, 0.15) is 33.1 Å². The molecule has 0 radical (unpaired) electrons. The van der Waals surface area contributed by atoms with Gasteiger partial charge < -0.3 is 14.2 Å². The number of esters is 1. The quantitative estimate of drug-likeness (QED) is 0.737. The van der Waals surface area contributed by atoms with Gasteiger partial charge in [0.1, 0.15) is 0 Å². The number of nitrogens with one attached hydrogen (secondary N) is 1. The number of ether oxygens (including phenoxy) is 3. The minimum absolute atomic E-state index is 0.149. The number of methoxy groups -OCH3 is 1. The van der Waals surface area contributed by atoms with Crippen molar-refractivity contribution in [3.63, 3.8) is 0 Å². The summed E-state index contributed by atoms with van der Waals surface area (Å²) in [7, 11) is -2.29. The molecule has 8 heteroatoms. The van der Waals surface area contributed by atoms with Crippen LogP contribution in [0.4, 0.5) is 0 Å². The van der Waals surface area contributed by atoms with E-state index in [-0.39, 0.29) is 12.6 Å². The molecule has 0 aromatic heterocycles. The van der Waals surface area contributed by atoms with E-state index >= 15 is 0 Å². The first-order chi connectivity index (χ1) is 9.75. The normalized spacial score (nSPS) is 32.2. The summed E-state index contributed by atoms with van der Waals surface area (Å²) in [6.45, 7) is 4.06. The van der Waals surface area contributed by atoms with Crippen molar-refractivity contribution in [2.24, 2.45) is 5.92 Å². The summed E-state index contributed by atoms with van der Waals surface area (Å²) in [5.41, 5.74) is 0. The van der Waals surface area contributed by atoms with E-state index in [4.69, 9.17) is 9.47 Å². The maximum Gasteiger partial charge on any atom is 0.310 e. The van der Waals surface area contributed by atoms with Crippen LogP contribution in [0.25, 0.3) is 0 Å². The lowest BCUT2D eigenvalue weighted by Crippen LogP contribution is -2.43. The van der Waals surface area contributed by atoms with Crippen molar-refractivity contribution < 1.29 is 27.4 Å². The molecule has 2 aliphatic rings. The molecule has 1 saturated carbocycles. The summed E-state index contributed by atoms with van der Waals surface area (Å²) >= 11 is 0. The monoisotopic (exact) mass is 321 g/mol. The van der Waals surface area contributed by atoms with Crippen molar-refractivity contribution >= 4 is 16.0 Å². The van der Waals surface area contributed by atoms with Crippen molar-refractivity contribution in [2.75, 3.05) is 20.3 Å².